The first kappa shape index (κ1) is 23.3. The summed E-state index contributed by atoms with van der Waals surface area (Å²) in [5.74, 6) is 0.825. The highest BCUT2D eigenvalue weighted by Gasteiger charge is 2.53. The maximum atomic E-state index is 13.5. The van der Waals surface area contributed by atoms with Crippen LogP contribution >= 0.6 is 23.2 Å². The first-order valence-electron chi connectivity index (χ1n) is 11.4. The van der Waals surface area contributed by atoms with E-state index in [4.69, 9.17) is 32.9 Å². The van der Waals surface area contributed by atoms with Gasteiger partial charge in [0.25, 0.3) is 5.91 Å². The molecule has 3 aliphatic rings. The van der Waals surface area contributed by atoms with E-state index in [1.807, 2.05) is 17.7 Å². The van der Waals surface area contributed by atoms with E-state index < -0.39 is 12.1 Å². The molecule has 0 bridgehead atoms. The number of likely N-dealkylation sites (N-methyl/N-ethyl adjacent to an activating group) is 1. The van der Waals surface area contributed by atoms with Crippen molar-refractivity contribution in [2.45, 2.75) is 32.5 Å². The van der Waals surface area contributed by atoms with E-state index in [9.17, 15) is 9.59 Å². The molecule has 34 heavy (non-hydrogen) atoms. The lowest BCUT2D eigenvalue weighted by atomic mass is 10.1. The molecule has 3 aliphatic heterocycles. The molecular weight excluding hydrogens is 479 g/mol. The van der Waals surface area contributed by atoms with Crippen LogP contribution in [0.5, 0.6) is 0 Å². The van der Waals surface area contributed by atoms with Crippen LogP contribution in [0, 0.1) is 6.92 Å². The smallest absolute Gasteiger partial charge is 0.379 e. The summed E-state index contributed by atoms with van der Waals surface area (Å²) in [6.45, 7) is 7.32. The van der Waals surface area contributed by atoms with Gasteiger partial charge in [-0.25, -0.2) is 13.9 Å². The monoisotopic (exact) mass is 505 g/mol. The van der Waals surface area contributed by atoms with Crippen molar-refractivity contribution in [2.75, 3.05) is 39.9 Å². The summed E-state index contributed by atoms with van der Waals surface area (Å²) in [6, 6.07) is 3.94. The maximum absolute atomic E-state index is 13.5. The fourth-order valence-corrected chi connectivity index (χ4v) is 5.22. The number of benzene rings is 1. The summed E-state index contributed by atoms with van der Waals surface area (Å²) in [5.41, 5.74) is 1.68. The Bertz CT molecular complexity index is 1170. The summed E-state index contributed by atoms with van der Waals surface area (Å²) < 4.78 is 9.42. The Hall–Kier alpha value is -2.46. The highest BCUT2D eigenvalue weighted by Crippen LogP contribution is 2.31. The number of amidine groups is 1. The first-order chi connectivity index (χ1) is 16.3. The summed E-state index contributed by atoms with van der Waals surface area (Å²) in [7, 11) is 1.65. The van der Waals surface area contributed by atoms with Crippen LogP contribution in [-0.2, 0) is 22.6 Å². The summed E-state index contributed by atoms with van der Waals surface area (Å²) in [6.07, 6.45) is 2.90. The number of halogens is 2. The summed E-state index contributed by atoms with van der Waals surface area (Å²) in [5, 5.41) is 0.912. The van der Waals surface area contributed by atoms with Gasteiger partial charge < -0.3 is 4.74 Å². The number of aromatic nitrogens is 2. The number of amides is 3. The second kappa shape index (κ2) is 9.30. The number of carbonyl (C=O) groups excluding carboxylic acids is 2. The predicted octanol–water partition coefficient (Wildman–Crippen LogP) is 2.79. The minimum atomic E-state index is -0.678. The van der Waals surface area contributed by atoms with Gasteiger partial charge in [0.15, 0.2) is 0 Å². The third kappa shape index (κ3) is 4.11. The van der Waals surface area contributed by atoms with Crippen LogP contribution in [0.15, 0.2) is 29.4 Å². The summed E-state index contributed by atoms with van der Waals surface area (Å²) >= 11 is 12.3. The van der Waals surface area contributed by atoms with Gasteiger partial charge in [-0.3, -0.25) is 19.5 Å². The zero-order valence-electron chi connectivity index (χ0n) is 19.2. The van der Waals surface area contributed by atoms with Gasteiger partial charge in [-0.15, -0.1) is 0 Å². The van der Waals surface area contributed by atoms with Crippen molar-refractivity contribution in [3.8, 4) is 0 Å². The third-order valence-corrected chi connectivity index (χ3v) is 7.21. The zero-order chi connectivity index (χ0) is 24.0. The summed E-state index contributed by atoms with van der Waals surface area (Å²) in [4.78, 5) is 36.4. The number of nitrogens with zero attached hydrogens (tertiary/aromatic N) is 6. The molecule has 0 aliphatic carbocycles. The fourth-order valence-electron chi connectivity index (χ4n) is 4.75. The highest BCUT2D eigenvalue weighted by molar-refractivity contribution is 6.35. The maximum Gasteiger partial charge on any atom is 0.401 e. The molecule has 1 unspecified atom stereocenters. The van der Waals surface area contributed by atoms with Gasteiger partial charge in [0.05, 0.1) is 26.3 Å². The van der Waals surface area contributed by atoms with Crippen molar-refractivity contribution in [1.29, 1.82) is 0 Å². The van der Waals surface area contributed by atoms with Crippen molar-refractivity contribution < 1.29 is 18.9 Å². The van der Waals surface area contributed by atoms with Crippen molar-refractivity contribution >= 4 is 46.9 Å². The number of fused-ring (bicyclic) bond motifs is 3. The Kier molecular flexibility index (Phi) is 6.37. The standard InChI is InChI=1S/C23H27Cl2N6O3/c1-15-13-30-19-20(26-22(30)29(15)7-3-6-28-8-10-34-11-9-28)27(2)23(33)31(21(19)32)14-16-4-5-17(24)12-18(16)25/h4-5,12-13,19H,3,6-11,14H2,1-2H3/q+1. The molecule has 9 nitrogen and oxygen atoms in total. The van der Waals surface area contributed by atoms with E-state index in [0.717, 1.165) is 51.5 Å². The van der Waals surface area contributed by atoms with Gasteiger partial charge in [0.1, 0.15) is 11.9 Å². The minimum absolute atomic E-state index is 0.0664. The lowest BCUT2D eigenvalue weighted by Crippen LogP contribution is -2.62. The number of morpholine rings is 1. The third-order valence-electron chi connectivity index (χ3n) is 6.63. The van der Waals surface area contributed by atoms with Crippen LogP contribution in [0.3, 0.4) is 0 Å². The molecule has 180 valence electrons. The van der Waals surface area contributed by atoms with Crippen molar-refractivity contribution in [3.05, 3.63) is 45.7 Å². The molecule has 0 N–H and O–H groups in total. The second-order valence-corrected chi connectivity index (χ2v) is 9.65. The molecular formula is C23H27Cl2N6O3+. The number of aryl methyl sites for hydroxylation is 1. The lowest BCUT2D eigenvalue weighted by Gasteiger charge is -2.33. The number of urea groups is 1. The van der Waals surface area contributed by atoms with E-state index in [0.29, 0.717) is 27.4 Å². The quantitative estimate of drug-likeness (QED) is 0.565. The van der Waals surface area contributed by atoms with Crippen molar-refractivity contribution in [1.82, 2.24) is 19.3 Å². The Labute approximate surface area is 208 Å². The van der Waals surface area contributed by atoms with Crippen LogP contribution in [0.1, 0.15) is 23.7 Å². The van der Waals surface area contributed by atoms with Gasteiger partial charge >= 0.3 is 12.0 Å². The molecule has 4 heterocycles. The normalized spacial score (nSPS) is 20.6. The van der Waals surface area contributed by atoms with Crippen molar-refractivity contribution in [2.24, 2.45) is 4.99 Å². The van der Waals surface area contributed by atoms with Crippen LogP contribution in [0.4, 0.5) is 10.7 Å². The van der Waals surface area contributed by atoms with Gasteiger partial charge in [-0.05, 0) is 31.0 Å². The molecule has 0 radical (unpaired) electrons. The molecule has 1 aromatic carbocycles. The number of ether oxygens (including phenoxy) is 1. The van der Waals surface area contributed by atoms with E-state index >= 15 is 0 Å². The molecule has 0 spiro atoms. The molecule has 0 saturated carbocycles. The number of imide groups is 1. The SMILES string of the molecule is Cc1c[n+]2c(n1CCCN1CCOCC1)N=C1C2C(=O)N(Cc2ccc(Cl)cc2Cl)C(=O)N1C. The average Bonchev–Trinajstić information content (AvgIpc) is 3.33. The molecule has 1 aromatic heterocycles. The molecule has 11 heteroatoms. The number of imidazole rings is 1. The first-order valence-corrected chi connectivity index (χ1v) is 12.1. The van der Waals surface area contributed by atoms with E-state index in [-0.39, 0.29) is 12.5 Å². The number of rotatable bonds is 6. The van der Waals surface area contributed by atoms with E-state index in [2.05, 4.69) is 9.47 Å². The van der Waals surface area contributed by atoms with Crippen LogP contribution in [-0.4, -0.2) is 76.9 Å². The molecule has 1 atom stereocenters. The van der Waals surface area contributed by atoms with Gasteiger partial charge in [-0.2, -0.15) is 0 Å². The minimum Gasteiger partial charge on any atom is -0.379 e. The van der Waals surface area contributed by atoms with Crippen LogP contribution < -0.4 is 4.57 Å². The highest BCUT2D eigenvalue weighted by atomic mass is 35.5. The van der Waals surface area contributed by atoms with Crippen LogP contribution in [0.25, 0.3) is 0 Å². The van der Waals surface area contributed by atoms with Crippen molar-refractivity contribution in [3.63, 3.8) is 0 Å². The van der Waals surface area contributed by atoms with E-state index in [1.165, 1.54) is 9.80 Å². The number of hydrogen-bond donors (Lipinski definition) is 0. The molecule has 3 amide bonds. The molecule has 2 saturated heterocycles. The molecule has 2 fully saturated rings. The number of aliphatic imine (C=N–C) groups is 1. The molecule has 2 aromatic rings. The topological polar surface area (TPSA) is 74.3 Å². The lowest BCUT2D eigenvalue weighted by molar-refractivity contribution is -0.677. The van der Waals surface area contributed by atoms with Gasteiger partial charge in [0.2, 0.25) is 11.9 Å². The Morgan fingerprint density at radius 2 is 1.94 bits per heavy atom. The Morgan fingerprint density at radius 3 is 2.68 bits per heavy atom. The largest absolute Gasteiger partial charge is 0.401 e. The van der Waals surface area contributed by atoms with E-state index in [1.54, 1.807) is 25.2 Å². The second-order valence-electron chi connectivity index (χ2n) is 8.81. The molecule has 5 rings (SSSR count). The average molecular weight is 506 g/mol. The van der Waals surface area contributed by atoms with Gasteiger partial charge in [0, 0.05) is 36.7 Å². The van der Waals surface area contributed by atoms with Crippen LogP contribution in [0.2, 0.25) is 10.0 Å². The zero-order valence-corrected chi connectivity index (χ0v) is 20.7. The van der Waals surface area contributed by atoms with Gasteiger partial charge in [-0.1, -0.05) is 34.3 Å². The number of hydrogen-bond acceptors (Lipinski definition) is 5. The number of carbonyl (C=O) groups is 2. The Balaban J connectivity index is 1.37. The Morgan fingerprint density at radius 1 is 1.18 bits per heavy atom. The fraction of sp³-hybridized carbons (Fsp3) is 0.478. The predicted molar refractivity (Wildman–Crippen MR) is 128 cm³/mol.